The van der Waals surface area contributed by atoms with Crippen LogP contribution in [-0.2, 0) is 13.2 Å². The summed E-state index contributed by atoms with van der Waals surface area (Å²) >= 11 is 3.62. The Kier molecular flexibility index (Phi) is 6.93. The molecule has 0 atom stereocenters. The Bertz CT molecular complexity index is 928. The molecule has 0 aliphatic carbocycles. The standard InChI is InChI=1S/C23H23BrFNO2/c1-3-27-22-12-18(14-26-20-10-8-19(25)9-11-20)21(24)13-23(22)28-15-17-7-5-4-6-16(17)2/h4-13,26H,3,14-15H2,1-2H3. The fraction of sp³-hybridized carbons (Fsp3) is 0.217. The predicted octanol–water partition coefficient (Wildman–Crippen LogP) is 6.49. The summed E-state index contributed by atoms with van der Waals surface area (Å²) < 4.78 is 25.8. The third-order valence-electron chi connectivity index (χ3n) is 4.38. The number of hydrogen-bond donors (Lipinski definition) is 1. The molecule has 3 aromatic rings. The van der Waals surface area contributed by atoms with Gasteiger partial charge in [-0.1, -0.05) is 40.2 Å². The summed E-state index contributed by atoms with van der Waals surface area (Å²) in [6, 6.07) is 18.4. The number of halogens is 2. The highest BCUT2D eigenvalue weighted by molar-refractivity contribution is 9.10. The molecule has 0 amide bonds. The highest BCUT2D eigenvalue weighted by atomic mass is 79.9. The maximum absolute atomic E-state index is 13.1. The number of anilines is 1. The highest BCUT2D eigenvalue weighted by Gasteiger charge is 2.12. The van der Waals surface area contributed by atoms with Crippen LogP contribution in [0.3, 0.4) is 0 Å². The van der Waals surface area contributed by atoms with Crippen LogP contribution in [0.5, 0.6) is 11.5 Å². The fourth-order valence-corrected chi connectivity index (χ4v) is 3.25. The molecular formula is C23H23BrFNO2. The smallest absolute Gasteiger partial charge is 0.162 e. The van der Waals surface area contributed by atoms with E-state index in [-0.39, 0.29) is 5.82 Å². The zero-order chi connectivity index (χ0) is 19.9. The van der Waals surface area contributed by atoms with E-state index in [2.05, 4.69) is 40.3 Å². The summed E-state index contributed by atoms with van der Waals surface area (Å²) in [5, 5.41) is 3.29. The molecule has 0 aliphatic heterocycles. The van der Waals surface area contributed by atoms with Gasteiger partial charge in [0.25, 0.3) is 0 Å². The van der Waals surface area contributed by atoms with E-state index in [0.29, 0.717) is 31.3 Å². The van der Waals surface area contributed by atoms with Crippen molar-refractivity contribution in [2.75, 3.05) is 11.9 Å². The van der Waals surface area contributed by atoms with Crippen LogP contribution >= 0.6 is 15.9 Å². The first-order valence-electron chi connectivity index (χ1n) is 9.18. The van der Waals surface area contributed by atoms with Crippen LogP contribution < -0.4 is 14.8 Å². The van der Waals surface area contributed by atoms with Gasteiger partial charge in [-0.3, -0.25) is 0 Å². The molecule has 0 saturated heterocycles. The molecule has 0 aliphatic rings. The van der Waals surface area contributed by atoms with Crippen LogP contribution in [0.15, 0.2) is 65.1 Å². The van der Waals surface area contributed by atoms with Gasteiger partial charge in [-0.25, -0.2) is 4.39 Å². The molecule has 0 heterocycles. The average molecular weight is 444 g/mol. The first-order valence-corrected chi connectivity index (χ1v) is 9.98. The lowest BCUT2D eigenvalue weighted by molar-refractivity contribution is 0.268. The summed E-state index contributed by atoms with van der Waals surface area (Å²) in [6.45, 7) is 5.62. The van der Waals surface area contributed by atoms with Crippen molar-refractivity contribution in [2.24, 2.45) is 0 Å². The minimum absolute atomic E-state index is 0.250. The summed E-state index contributed by atoms with van der Waals surface area (Å²) in [5.74, 6) is 1.15. The number of ether oxygens (including phenoxy) is 2. The zero-order valence-corrected chi connectivity index (χ0v) is 17.6. The van der Waals surface area contributed by atoms with Gasteiger partial charge in [0, 0.05) is 16.7 Å². The molecule has 3 nitrogen and oxygen atoms in total. The Morgan fingerprint density at radius 2 is 1.64 bits per heavy atom. The minimum atomic E-state index is -0.250. The second-order valence-electron chi connectivity index (χ2n) is 6.40. The first-order chi connectivity index (χ1) is 13.6. The number of rotatable bonds is 8. The molecule has 0 unspecified atom stereocenters. The Morgan fingerprint density at radius 3 is 2.36 bits per heavy atom. The quantitative estimate of drug-likeness (QED) is 0.431. The summed E-state index contributed by atoms with van der Waals surface area (Å²) in [5.41, 5.74) is 4.21. The molecule has 3 rings (SSSR count). The molecule has 28 heavy (non-hydrogen) atoms. The minimum Gasteiger partial charge on any atom is -0.490 e. The third kappa shape index (κ3) is 5.26. The number of aryl methyl sites for hydroxylation is 1. The average Bonchev–Trinajstić information content (AvgIpc) is 2.69. The highest BCUT2D eigenvalue weighted by Crippen LogP contribution is 2.35. The van der Waals surface area contributed by atoms with E-state index in [0.717, 1.165) is 21.3 Å². The Hall–Kier alpha value is -2.53. The van der Waals surface area contributed by atoms with Gasteiger partial charge >= 0.3 is 0 Å². The largest absolute Gasteiger partial charge is 0.490 e. The number of hydrogen-bond acceptors (Lipinski definition) is 3. The Labute approximate surface area is 173 Å². The first kappa shape index (κ1) is 20.2. The van der Waals surface area contributed by atoms with E-state index < -0.39 is 0 Å². The molecule has 0 spiro atoms. The molecule has 1 N–H and O–H groups in total. The lowest BCUT2D eigenvalue weighted by atomic mass is 10.1. The zero-order valence-electron chi connectivity index (χ0n) is 16.0. The van der Waals surface area contributed by atoms with Crippen molar-refractivity contribution in [3.8, 4) is 11.5 Å². The van der Waals surface area contributed by atoms with Crippen molar-refractivity contribution in [1.82, 2.24) is 0 Å². The summed E-state index contributed by atoms with van der Waals surface area (Å²) in [4.78, 5) is 0. The van der Waals surface area contributed by atoms with E-state index in [4.69, 9.17) is 9.47 Å². The normalized spacial score (nSPS) is 10.6. The van der Waals surface area contributed by atoms with Crippen molar-refractivity contribution >= 4 is 21.6 Å². The maximum Gasteiger partial charge on any atom is 0.162 e. The van der Waals surface area contributed by atoms with Crippen molar-refractivity contribution in [3.05, 3.63) is 87.6 Å². The van der Waals surface area contributed by atoms with Gasteiger partial charge in [0.1, 0.15) is 12.4 Å². The van der Waals surface area contributed by atoms with Crippen LogP contribution in [-0.4, -0.2) is 6.61 Å². The second kappa shape index (κ2) is 9.60. The van der Waals surface area contributed by atoms with Crippen molar-refractivity contribution in [2.45, 2.75) is 27.0 Å². The molecule has 5 heteroatoms. The lowest BCUT2D eigenvalue weighted by Crippen LogP contribution is -2.04. The van der Waals surface area contributed by atoms with Gasteiger partial charge in [0.05, 0.1) is 6.61 Å². The molecular weight excluding hydrogens is 421 g/mol. The van der Waals surface area contributed by atoms with E-state index >= 15 is 0 Å². The van der Waals surface area contributed by atoms with Crippen LogP contribution in [0.25, 0.3) is 0 Å². The second-order valence-corrected chi connectivity index (χ2v) is 7.25. The lowest BCUT2D eigenvalue weighted by Gasteiger charge is -2.16. The fourth-order valence-electron chi connectivity index (χ4n) is 2.79. The van der Waals surface area contributed by atoms with Gasteiger partial charge < -0.3 is 14.8 Å². The summed E-state index contributed by atoms with van der Waals surface area (Å²) in [7, 11) is 0. The van der Waals surface area contributed by atoms with E-state index in [1.54, 1.807) is 12.1 Å². The van der Waals surface area contributed by atoms with E-state index in [1.807, 2.05) is 31.2 Å². The topological polar surface area (TPSA) is 30.5 Å². The third-order valence-corrected chi connectivity index (χ3v) is 5.12. The van der Waals surface area contributed by atoms with Crippen molar-refractivity contribution < 1.29 is 13.9 Å². The molecule has 0 radical (unpaired) electrons. The van der Waals surface area contributed by atoms with Crippen LogP contribution in [0.1, 0.15) is 23.6 Å². The molecule has 146 valence electrons. The maximum atomic E-state index is 13.1. The molecule has 0 aromatic heterocycles. The monoisotopic (exact) mass is 443 g/mol. The van der Waals surface area contributed by atoms with Crippen LogP contribution in [0.4, 0.5) is 10.1 Å². The van der Waals surface area contributed by atoms with Crippen molar-refractivity contribution in [3.63, 3.8) is 0 Å². The predicted molar refractivity (Wildman–Crippen MR) is 115 cm³/mol. The van der Waals surface area contributed by atoms with Gasteiger partial charge in [0.2, 0.25) is 0 Å². The Morgan fingerprint density at radius 1 is 0.929 bits per heavy atom. The van der Waals surface area contributed by atoms with Crippen molar-refractivity contribution in [1.29, 1.82) is 0 Å². The Balaban J connectivity index is 1.75. The molecule has 0 fully saturated rings. The van der Waals surface area contributed by atoms with Crippen LogP contribution in [0.2, 0.25) is 0 Å². The van der Waals surface area contributed by atoms with E-state index in [1.165, 1.54) is 17.7 Å². The SMILES string of the molecule is CCOc1cc(CNc2ccc(F)cc2)c(Br)cc1OCc1ccccc1C. The van der Waals surface area contributed by atoms with E-state index in [9.17, 15) is 4.39 Å². The molecule has 0 saturated carbocycles. The number of benzene rings is 3. The van der Waals surface area contributed by atoms with Gasteiger partial charge in [-0.05, 0) is 66.9 Å². The van der Waals surface area contributed by atoms with Gasteiger partial charge in [0.15, 0.2) is 11.5 Å². The van der Waals surface area contributed by atoms with Gasteiger partial charge in [-0.2, -0.15) is 0 Å². The van der Waals surface area contributed by atoms with Crippen LogP contribution in [0, 0.1) is 12.7 Å². The number of nitrogens with one attached hydrogen (secondary N) is 1. The van der Waals surface area contributed by atoms with Gasteiger partial charge in [-0.15, -0.1) is 0 Å². The molecule has 3 aromatic carbocycles. The molecule has 0 bridgehead atoms. The summed E-state index contributed by atoms with van der Waals surface area (Å²) in [6.07, 6.45) is 0.